The molecule has 0 bridgehead atoms. The number of anilines is 1. The third-order valence-corrected chi connectivity index (χ3v) is 2.46. The molecule has 1 heterocycles. The minimum absolute atomic E-state index is 0.353. The predicted molar refractivity (Wildman–Crippen MR) is 64.2 cm³/mol. The first-order chi connectivity index (χ1) is 8.22. The maximum atomic E-state index is 5.96. The third kappa shape index (κ3) is 2.45. The van der Waals surface area contributed by atoms with Gasteiger partial charge in [0.25, 0.3) is 5.89 Å². The number of para-hydroxylation sites is 1. The molecular formula is C12H15N3O2. The number of nitrogens with two attached hydrogens (primary N) is 1. The second kappa shape index (κ2) is 4.97. The van der Waals surface area contributed by atoms with Crippen LogP contribution in [-0.4, -0.2) is 16.7 Å². The molecule has 1 aromatic heterocycles. The summed E-state index contributed by atoms with van der Waals surface area (Å²) < 4.78 is 10.4. The van der Waals surface area contributed by atoms with Crippen LogP contribution in [0, 0.1) is 6.92 Å². The van der Waals surface area contributed by atoms with Gasteiger partial charge in [-0.2, -0.15) is 4.98 Å². The first kappa shape index (κ1) is 11.6. The van der Waals surface area contributed by atoms with E-state index in [1.54, 1.807) is 0 Å². The van der Waals surface area contributed by atoms with Crippen LogP contribution in [0.3, 0.4) is 0 Å². The number of nitrogen functional groups attached to an aromatic ring is 1. The molecule has 0 saturated heterocycles. The van der Waals surface area contributed by atoms with Crippen LogP contribution in [-0.2, 0) is 11.3 Å². The Morgan fingerprint density at radius 2 is 2.24 bits per heavy atom. The summed E-state index contributed by atoms with van der Waals surface area (Å²) in [5.74, 6) is 0.962. The summed E-state index contributed by atoms with van der Waals surface area (Å²) in [6.45, 7) is 4.83. The normalized spacial score (nSPS) is 10.7. The van der Waals surface area contributed by atoms with Gasteiger partial charge in [-0.3, -0.25) is 0 Å². The summed E-state index contributed by atoms with van der Waals surface area (Å²) in [6, 6.07) is 5.71. The van der Waals surface area contributed by atoms with Crippen molar-refractivity contribution in [2.75, 3.05) is 12.3 Å². The lowest BCUT2D eigenvalue weighted by molar-refractivity contribution is 0.126. The molecule has 0 aliphatic carbocycles. The number of nitrogens with zero attached hydrogens (tertiary/aromatic N) is 2. The summed E-state index contributed by atoms with van der Waals surface area (Å²) in [7, 11) is 0. The first-order valence-corrected chi connectivity index (χ1v) is 5.48. The molecule has 17 heavy (non-hydrogen) atoms. The van der Waals surface area contributed by atoms with E-state index in [1.807, 2.05) is 32.0 Å². The molecule has 0 unspecified atom stereocenters. The van der Waals surface area contributed by atoms with Crippen LogP contribution >= 0.6 is 0 Å². The van der Waals surface area contributed by atoms with Crippen molar-refractivity contribution in [1.29, 1.82) is 0 Å². The number of rotatable bonds is 4. The van der Waals surface area contributed by atoms with Gasteiger partial charge in [-0.15, -0.1) is 0 Å². The minimum atomic E-state index is 0.353. The molecule has 5 heteroatoms. The van der Waals surface area contributed by atoms with Crippen LogP contribution in [0.25, 0.3) is 11.5 Å². The highest BCUT2D eigenvalue weighted by molar-refractivity contribution is 5.72. The van der Waals surface area contributed by atoms with Crippen molar-refractivity contribution in [2.45, 2.75) is 20.5 Å². The number of hydrogen-bond acceptors (Lipinski definition) is 5. The lowest BCUT2D eigenvalue weighted by Gasteiger charge is -2.02. The molecule has 0 amide bonds. The topological polar surface area (TPSA) is 74.2 Å². The van der Waals surface area contributed by atoms with Gasteiger partial charge in [-0.25, -0.2) is 0 Å². The van der Waals surface area contributed by atoms with Crippen LogP contribution in [0.1, 0.15) is 18.3 Å². The molecule has 0 atom stereocenters. The Morgan fingerprint density at radius 3 is 3.00 bits per heavy atom. The number of benzene rings is 1. The molecule has 0 saturated carbocycles. The summed E-state index contributed by atoms with van der Waals surface area (Å²) in [5, 5.41) is 3.83. The van der Waals surface area contributed by atoms with Crippen LogP contribution < -0.4 is 5.73 Å². The van der Waals surface area contributed by atoms with Gasteiger partial charge in [0.15, 0.2) is 5.82 Å². The molecule has 90 valence electrons. The molecule has 0 aliphatic rings. The van der Waals surface area contributed by atoms with Crippen LogP contribution in [0.15, 0.2) is 22.7 Å². The van der Waals surface area contributed by atoms with E-state index >= 15 is 0 Å². The van der Waals surface area contributed by atoms with E-state index in [0.717, 1.165) is 11.1 Å². The average molecular weight is 233 g/mol. The highest BCUT2D eigenvalue weighted by Gasteiger charge is 2.12. The Labute approximate surface area is 99.6 Å². The van der Waals surface area contributed by atoms with E-state index in [4.69, 9.17) is 15.0 Å². The Balaban J connectivity index is 2.27. The summed E-state index contributed by atoms with van der Waals surface area (Å²) >= 11 is 0. The van der Waals surface area contributed by atoms with E-state index in [9.17, 15) is 0 Å². The van der Waals surface area contributed by atoms with Gasteiger partial charge >= 0.3 is 0 Å². The molecule has 2 aromatic rings. The van der Waals surface area contributed by atoms with Crippen molar-refractivity contribution >= 4 is 5.69 Å². The van der Waals surface area contributed by atoms with E-state index in [2.05, 4.69) is 10.1 Å². The molecule has 2 rings (SSSR count). The largest absolute Gasteiger partial charge is 0.398 e. The third-order valence-electron chi connectivity index (χ3n) is 2.46. The standard InChI is InChI=1S/C12H15N3O2/c1-3-16-7-10-14-12(17-15-10)9-6-4-5-8(2)11(9)13/h4-6H,3,7,13H2,1-2H3. The number of aryl methyl sites for hydroxylation is 1. The van der Waals surface area contributed by atoms with Crippen molar-refractivity contribution in [3.8, 4) is 11.5 Å². The van der Waals surface area contributed by atoms with Gasteiger partial charge < -0.3 is 15.0 Å². The van der Waals surface area contributed by atoms with Crippen molar-refractivity contribution in [2.24, 2.45) is 0 Å². The zero-order chi connectivity index (χ0) is 12.3. The molecule has 0 radical (unpaired) electrons. The van der Waals surface area contributed by atoms with Gasteiger partial charge in [0.1, 0.15) is 6.61 Å². The van der Waals surface area contributed by atoms with Gasteiger partial charge in [0, 0.05) is 12.3 Å². The number of ether oxygens (including phenoxy) is 1. The maximum Gasteiger partial charge on any atom is 0.260 e. The minimum Gasteiger partial charge on any atom is -0.398 e. The second-order valence-corrected chi connectivity index (χ2v) is 3.69. The Bertz CT molecular complexity index is 508. The van der Waals surface area contributed by atoms with E-state index in [0.29, 0.717) is 30.6 Å². The summed E-state index contributed by atoms with van der Waals surface area (Å²) in [6.07, 6.45) is 0. The van der Waals surface area contributed by atoms with Crippen molar-refractivity contribution in [3.63, 3.8) is 0 Å². The van der Waals surface area contributed by atoms with Gasteiger partial charge in [0.05, 0.1) is 5.56 Å². The fourth-order valence-corrected chi connectivity index (χ4v) is 1.48. The fraction of sp³-hybridized carbons (Fsp3) is 0.333. The summed E-state index contributed by atoms with van der Waals surface area (Å²) in [4.78, 5) is 4.24. The van der Waals surface area contributed by atoms with E-state index < -0.39 is 0 Å². The zero-order valence-corrected chi connectivity index (χ0v) is 9.93. The molecule has 0 aliphatic heterocycles. The van der Waals surface area contributed by atoms with Gasteiger partial charge in [-0.1, -0.05) is 17.3 Å². The van der Waals surface area contributed by atoms with E-state index in [1.165, 1.54) is 0 Å². The van der Waals surface area contributed by atoms with Crippen LogP contribution in [0.4, 0.5) is 5.69 Å². The lowest BCUT2D eigenvalue weighted by atomic mass is 10.1. The summed E-state index contributed by atoms with van der Waals surface area (Å²) in [5.41, 5.74) is 8.39. The first-order valence-electron chi connectivity index (χ1n) is 5.48. The molecule has 2 N–H and O–H groups in total. The van der Waals surface area contributed by atoms with Crippen molar-refractivity contribution in [3.05, 3.63) is 29.6 Å². The molecule has 5 nitrogen and oxygen atoms in total. The van der Waals surface area contributed by atoms with Gasteiger partial charge in [-0.05, 0) is 25.5 Å². The number of hydrogen-bond donors (Lipinski definition) is 1. The smallest absolute Gasteiger partial charge is 0.260 e. The Kier molecular flexibility index (Phi) is 3.39. The molecular weight excluding hydrogens is 218 g/mol. The van der Waals surface area contributed by atoms with Crippen LogP contribution in [0.2, 0.25) is 0 Å². The SMILES string of the molecule is CCOCc1noc(-c2cccc(C)c2N)n1. The highest BCUT2D eigenvalue weighted by Crippen LogP contribution is 2.26. The second-order valence-electron chi connectivity index (χ2n) is 3.69. The van der Waals surface area contributed by atoms with E-state index in [-0.39, 0.29) is 0 Å². The van der Waals surface area contributed by atoms with Crippen LogP contribution in [0.5, 0.6) is 0 Å². The maximum absolute atomic E-state index is 5.96. The highest BCUT2D eigenvalue weighted by atomic mass is 16.5. The zero-order valence-electron chi connectivity index (χ0n) is 9.93. The monoisotopic (exact) mass is 233 g/mol. The average Bonchev–Trinajstić information content (AvgIpc) is 2.78. The fourth-order valence-electron chi connectivity index (χ4n) is 1.48. The molecule has 1 aromatic carbocycles. The quantitative estimate of drug-likeness (QED) is 0.819. The van der Waals surface area contributed by atoms with Crippen molar-refractivity contribution in [1.82, 2.24) is 10.1 Å². The lowest BCUT2D eigenvalue weighted by Crippen LogP contribution is -1.95. The van der Waals surface area contributed by atoms with Gasteiger partial charge in [0.2, 0.25) is 0 Å². The Morgan fingerprint density at radius 1 is 1.41 bits per heavy atom. The Hall–Kier alpha value is -1.88. The molecule has 0 fully saturated rings. The predicted octanol–water partition coefficient (Wildman–Crippen LogP) is 2.16. The molecule has 0 spiro atoms. The number of aromatic nitrogens is 2. The van der Waals surface area contributed by atoms with Crippen molar-refractivity contribution < 1.29 is 9.26 Å².